The van der Waals surface area contributed by atoms with Crippen LogP contribution in [0.5, 0.6) is 5.75 Å². The number of rotatable bonds is 5. The number of likely N-dealkylation sites (N-methyl/N-ethyl adjacent to an activating group) is 1. The van der Waals surface area contributed by atoms with Gasteiger partial charge in [-0.2, -0.15) is 0 Å². The molecule has 0 aromatic heterocycles. The predicted molar refractivity (Wildman–Crippen MR) is 70.5 cm³/mol. The van der Waals surface area contributed by atoms with Gasteiger partial charge in [-0.3, -0.25) is 4.79 Å². The summed E-state index contributed by atoms with van der Waals surface area (Å²) in [7, 11) is 1.81. The van der Waals surface area contributed by atoms with Gasteiger partial charge in [0.15, 0.2) is 6.10 Å². The van der Waals surface area contributed by atoms with E-state index in [0.29, 0.717) is 0 Å². The number of hydrogen-bond acceptors (Lipinski definition) is 3. The standard InChI is InChI=1S/C14H20N2O2/c1-3-15-10-11-5-4-6-12(9-11)18-13-7-8-16(2)14(13)17/h4-6,9,13,15H,3,7-8,10H2,1-2H3. The highest BCUT2D eigenvalue weighted by atomic mass is 16.5. The summed E-state index contributed by atoms with van der Waals surface area (Å²) in [6.45, 7) is 4.62. The van der Waals surface area contributed by atoms with Crippen molar-refractivity contribution in [1.29, 1.82) is 0 Å². The fourth-order valence-electron chi connectivity index (χ4n) is 2.06. The van der Waals surface area contributed by atoms with Crippen LogP contribution in [0.1, 0.15) is 18.9 Å². The van der Waals surface area contributed by atoms with Crippen LogP contribution in [0.25, 0.3) is 0 Å². The van der Waals surface area contributed by atoms with E-state index in [1.54, 1.807) is 4.90 Å². The van der Waals surface area contributed by atoms with E-state index < -0.39 is 0 Å². The topological polar surface area (TPSA) is 41.6 Å². The van der Waals surface area contributed by atoms with Gasteiger partial charge in [0, 0.05) is 26.6 Å². The third-order valence-corrected chi connectivity index (χ3v) is 3.13. The van der Waals surface area contributed by atoms with Crippen LogP contribution in [0.15, 0.2) is 24.3 Å². The molecule has 1 aliphatic rings. The Morgan fingerprint density at radius 2 is 2.33 bits per heavy atom. The molecular formula is C14H20N2O2. The molecule has 1 N–H and O–H groups in total. The number of benzene rings is 1. The number of carbonyl (C=O) groups excluding carboxylic acids is 1. The van der Waals surface area contributed by atoms with Crippen molar-refractivity contribution in [2.75, 3.05) is 20.1 Å². The maximum atomic E-state index is 11.8. The maximum absolute atomic E-state index is 11.8. The fraction of sp³-hybridized carbons (Fsp3) is 0.500. The van der Waals surface area contributed by atoms with E-state index in [2.05, 4.69) is 18.3 Å². The quantitative estimate of drug-likeness (QED) is 0.856. The van der Waals surface area contributed by atoms with E-state index in [1.165, 1.54) is 5.56 Å². The predicted octanol–water partition coefficient (Wildman–Crippen LogP) is 1.41. The first-order chi connectivity index (χ1) is 8.70. The van der Waals surface area contributed by atoms with Crippen molar-refractivity contribution in [3.8, 4) is 5.75 Å². The molecule has 4 nitrogen and oxygen atoms in total. The number of amides is 1. The molecule has 1 aromatic rings. The van der Waals surface area contributed by atoms with Gasteiger partial charge in [-0.1, -0.05) is 19.1 Å². The summed E-state index contributed by atoms with van der Waals surface area (Å²) in [5.74, 6) is 0.853. The highest BCUT2D eigenvalue weighted by molar-refractivity contribution is 5.83. The molecule has 0 aliphatic carbocycles. The SMILES string of the molecule is CCNCc1cccc(OC2CCN(C)C2=O)c1. The monoisotopic (exact) mass is 248 g/mol. The van der Waals surface area contributed by atoms with Gasteiger partial charge in [0.1, 0.15) is 5.75 Å². The molecule has 1 heterocycles. The number of nitrogens with zero attached hydrogens (tertiary/aromatic N) is 1. The molecule has 0 spiro atoms. The highest BCUT2D eigenvalue weighted by Gasteiger charge is 2.30. The van der Waals surface area contributed by atoms with E-state index in [9.17, 15) is 4.79 Å². The second-order valence-electron chi connectivity index (χ2n) is 4.58. The van der Waals surface area contributed by atoms with E-state index in [0.717, 1.165) is 31.8 Å². The summed E-state index contributed by atoms with van der Waals surface area (Å²) < 4.78 is 5.76. The summed E-state index contributed by atoms with van der Waals surface area (Å²) in [5, 5.41) is 3.27. The van der Waals surface area contributed by atoms with Crippen LogP contribution in [0.2, 0.25) is 0 Å². The lowest BCUT2D eigenvalue weighted by molar-refractivity contribution is -0.132. The molecule has 0 saturated carbocycles. The third-order valence-electron chi connectivity index (χ3n) is 3.13. The molecule has 1 atom stereocenters. The Labute approximate surface area is 108 Å². The Balaban J connectivity index is 1.99. The van der Waals surface area contributed by atoms with E-state index in [4.69, 9.17) is 4.74 Å². The Morgan fingerprint density at radius 3 is 3.00 bits per heavy atom. The van der Waals surface area contributed by atoms with E-state index >= 15 is 0 Å². The molecule has 1 aliphatic heterocycles. The zero-order chi connectivity index (χ0) is 13.0. The lowest BCUT2D eigenvalue weighted by Gasteiger charge is -2.13. The highest BCUT2D eigenvalue weighted by Crippen LogP contribution is 2.19. The van der Waals surface area contributed by atoms with Crippen molar-refractivity contribution in [3.63, 3.8) is 0 Å². The van der Waals surface area contributed by atoms with Gasteiger partial charge in [0.25, 0.3) is 5.91 Å². The summed E-state index contributed by atoms with van der Waals surface area (Å²) in [6.07, 6.45) is 0.455. The van der Waals surface area contributed by atoms with Gasteiger partial charge in [-0.25, -0.2) is 0 Å². The number of ether oxygens (including phenoxy) is 1. The van der Waals surface area contributed by atoms with Crippen molar-refractivity contribution in [2.24, 2.45) is 0 Å². The van der Waals surface area contributed by atoms with Crippen LogP contribution in [0.3, 0.4) is 0 Å². The molecule has 1 fully saturated rings. The first kappa shape index (κ1) is 12.9. The van der Waals surface area contributed by atoms with Gasteiger partial charge in [-0.15, -0.1) is 0 Å². The Kier molecular flexibility index (Phi) is 4.20. The smallest absolute Gasteiger partial charge is 0.263 e. The molecule has 0 radical (unpaired) electrons. The van der Waals surface area contributed by atoms with Crippen molar-refractivity contribution in [1.82, 2.24) is 10.2 Å². The van der Waals surface area contributed by atoms with Crippen molar-refractivity contribution >= 4 is 5.91 Å². The molecule has 98 valence electrons. The van der Waals surface area contributed by atoms with Crippen LogP contribution in [0, 0.1) is 0 Å². The van der Waals surface area contributed by atoms with Crippen LogP contribution >= 0.6 is 0 Å². The fourth-order valence-corrected chi connectivity index (χ4v) is 2.06. The summed E-state index contributed by atoms with van der Waals surface area (Å²) in [6, 6.07) is 7.92. The molecular weight excluding hydrogens is 228 g/mol. The molecule has 1 unspecified atom stereocenters. The molecule has 4 heteroatoms. The molecule has 1 saturated heterocycles. The molecule has 18 heavy (non-hydrogen) atoms. The third kappa shape index (κ3) is 3.01. The Bertz CT molecular complexity index is 420. The van der Waals surface area contributed by atoms with Crippen molar-refractivity contribution in [3.05, 3.63) is 29.8 Å². The summed E-state index contributed by atoms with van der Waals surface area (Å²) >= 11 is 0. The maximum Gasteiger partial charge on any atom is 0.263 e. The zero-order valence-corrected chi connectivity index (χ0v) is 11.0. The van der Waals surface area contributed by atoms with Gasteiger partial charge >= 0.3 is 0 Å². The zero-order valence-electron chi connectivity index (χ0n) is 11.0. The molecule has 1 amide bonds. The molecule has 2 rings (SSSR count). The first-order valence-electron chi connectivity index (χ1n) is 6.42. The second kappa shape index (κ2) is 5.87. The molecule has 1 aromatic carbocycles. The largest absolute Gasteiger partial charge is 0.481 e. The van der Waals surface area contributed by atoms with E-state index in [1.807, 2.05) is 25.2 Å². The van der Waals surface area contributed by atoms with Crippen LogP contribution < -0.4 is 10.1 Å². The first-order valence-corrected chi connectivity index (χ1v) is 6.42. The van der Waals surface area contributed by atoms with Crippen LogP contribution in [-0.4, -0.2) is 37.0 Å². The van der Waals surface area contributed by atoms with Crippen LogP contribution in [-0.2, 0) is 11.3 Å². The van der Waals surface area contributed by atoms with Gasteiger partial charge in [-0.05, 0) is 24.2 Å². The number of likely N-dealkylation sites (tertiary alicyclic amines) is 1. The number of carbonyl (C=O) groups is 1. The van der Waals surface area contributed by atoms with Gasteiger partial charge < -0.3 is 15.0 Å². The van der Waals surface area contributed by atoms with Gasteiger partial charge in [0.05, 0.1) is 0 Å². The lowest BCUT2D eigenvalue weighted by atomic mass is 10.2. The van der Waals surface area contributed by atoms with E-state index in [-0.39, 0.29) is 12.0 Å². The normalized spacial score (nSPS) is 19.3. The van der Waals surface area contributed by atoms with Crippen LogP contribution in [0.4, 0.5) is 0 Å². The lowest BCUT2D eigenvalue weighted by Crippen LogP contribution is -2.29. The second-order valence-corrected chi connectivity index (χ2v) is 4.58. The average molecular weight is 248 g/mol. The van der Waals surface area contributed by atoms with Gasteiger partial charge in [0.2, 0.25) is 0 Å². The molecule has 0 bridgehead atoms. The minimum absolute atomic E-state index is 0.0760. The number of hydrogen-bond donors (Lipinski definition) is 1. The Morgan fingerprint density at radius 1 is 1.50 bits per heavy atom. The average Bonchev–Trinajstić information content (AvgIpc) is 2.69. The number of nitrogens with one attached hydrogen (secondary N) is 1. The minimum Gasteiger partial charge on any atom is -0.481 e. The Hall–Kier alpha value is -1.55. The van der Waals surface area contributed by atoms with Crippen molar-refractivity contribution < 1.29 is 9.53 Å². The minimum atomic E-state index is -0.315. The van der Waals surface area contributed by atoms with Crippen molar-refractivity contribution in [2.45, 2.75) is 26.0 Å². The summed E-state index contributed by atoms with van der Waals surface area (Å²) in [5.41, 5.74) is 1.17. The summed E-state index contributed by atoms with van der Waals surface area (Å²) in [4.78, 5) is 13.5.